The lowest BCUT2D eigenvalue weighted by Crippen LogP contribution is -2.29. The highest BCUT2D eigenvalue weighted by atomic mass is 79.9. The van der Waals surface area contributed by atoms with Crippen molar-refractivity contribution in [1.82, 2.24) is 4.98 Å². The number of fused-ring (bicyclic) bond motifs is 1. The third-order valence-corrected chi connectivity index (χ3v) is 5.92. The SMILES string of the molecule is O=C1C(=O)N(c2ccc(Br)cc2)C(c2ccncc2)/C1=C(/O)c1ccc2c(c1)OCCO2. The van der Waals surface area contributed by atoms with Gasteiger partial charge in [-0.05, 0) is 60.2 Å². The number of rotatable bonds is 3. The molecule has 1 atom stereocenters. The summed E-state index contributed by atoms with van der Waals surface area (Å²) in [6.45, 7) is 0.834. The van der Waals surface area contributed by atoms with E-state index in [1.807, 2.05) is 0 Å². The minimum atomic E-state index is -0.813. The fourth-order valence-corrected chi connectivity index (χ4v) is 4.17. The van der Waals surface area contributed by atoms with Crippen molar-refractivity contribution >= 4 is 39.1 Å². The third kappa shape index (κ3) is 3.42. The summed E-state index contributed by atoms with van der Waals surface area (Å²) in [5, 5.41) is 11.2. The fraction of sp³-hybridized carbons (Fsp3) is 0.125. The lowest BCUT2D eigenvalue weighted by molar-refractivity contribution is -0.132. The number of carbonyl (C=O) groups is 2. The zero-order valence-corrected chi connectivity index (χ0v) is 18.3. The van der Waals surface area contributed by atoms with Gasteiger partial charge in [0.1, 0.15) is 19.0 Å². The van der Waals surface area contributed by atoms with Gasteiger partial charge in [0.2, 0.25) is 0 Å². The highest BCUT2D eigenvalue weighted by molar-refractivity contribution is 9.10. The Balaban J connectivity index is 1.68. The van der Waals surface area contributed by atoms with E-state index in [0.29, 0.717) is 41.5 Å². The highest BCUT2D eigenvalue weighted by Gasteiger charge is 2.47. The van der Waals surface area contributed by atoms with Crippen LogP contribution in [0.3, 0.4) is 0 Å². The number of carbonyl (C=O) groups excluding carboxylic acids is 2. The molecule has 3 heterocycles. The van der Waals surface area contributed by atoms with Gasteiger partial charge in [0.25, 0.3) is 11.7 Å². The van der Waals surface area contributed by atoms with Crippen LogP contribution in [0.25, 0.3) is 5.76 Å². The maximum Gasteiger partial charge on any atom is 0.300 e. The number of benzene rings is 2. The molecular weight excluding hydrogens is 476 g/mol. The van der Waals surface area contributed by atoms with Gasteiger partial charge in [-0.25, -0.2) is 0 Å². The number of ether oxygens (including phenoxy) is 2. The quantitative estimate of drug-likeness (QED) is 0.334. The van der Waals surface area contributed by atoms with Crippen molar-refractivity contribution < 1.29 is 24.2 Å². The van der Waals surface area contributed by atoms with Crippen LogP contribution in [0.2, 0.25) is 0 Å². The smallest absolute Gasteiger partial charge is 0.300 e. The first-order valence-electron chi connectivity index (χ1n) is 9.91. The monoisotopic (exact) mass is 492 g/mol. The molecule has 7 nitrogen and oxygen atoms in total. The van der Waals surface area contributed by atoms with E-state index in [1.54, 1.807) is 67.0 Å². The van der Waals surface area contributed by atoms with Gasteiger partial charge in [-0.2, -0.15) is 0 Å². The molecule has 32 heavy (non-hydrogen) atoms. The molecule has 2 aliphatic heterocycles. The van der Waals surface area contributed by atoms with Crippen molar-refractivity contribution in [2.75, 3.05) is 18.1 Å². The Morgan fingerprint density at radius 3 is 2.38 bits per heavy atom. The molecule has 3 aromatic rings. The number of Topliss-reactive ketones (excluding diaryl/α,β-unsaturated/α-hetero) is 1. The summed E-state index contributed by atoms with van der Waals surface area (Å²) in [5.41, 5.74) is 1.56. The molecule has 8 heteroatoms. The maximum atomic E-state index is 13.2. The van der Waals surface area contributed by atoms with E-state index in [0.717, 1.165) is 4.47 Å². The van der Waals surface area contributed by atoms with E-state index in [-0.39, 0.29) is 11.3 Å². The highest BCUT2D eigenvalue weighted by Crippen LogP contribution is 2.43. The lowest BCUT2D eigenvalue weighted by Gasteiger charge is -2.25. The number of ketones is 1. The van der Waals surface area contributed by atoms with Gasteiger partial charge in [0.05, 0.1) is 11.6 Å². The van der Waals surface area contributed by atoms with Crippen LogP contribution in [-0.4, -0.2) is 35.0 Å². The fourth-order valence-electron chi connectivity index (χ4n) is 3.91. The molecule has 0 bridgehead atoms. The second kappa shape index (κ2) is 8.12. The number of aliphatic hydroxyl groups excluding tert-OH is 1. The Labute approximate surface area is 192 Å². The van der Waals surface area contributed by atoms with Crippen LogP contribution < -0.4 is 14.4 Å². The third-order valence-electron chi connectivity index (χ3n) is 5.39. The zero-order valence-electron chi connectivity index (χ0n) is 16.7. The summed E-state index contributed by atoms with van der Waals surface area (Å²) < 4.78 is 12.0. The average molecular weight is 493 g/mol. The van der Waals surface area contributed by atoms with Crippen molar-refractivity contribution in [1.29, 1.82) is 0 Å². The van der Waals surface area contributed by atoms with E-state index in [1.165, 1.54) is 4.90 Å². The summed E-state index contributed by atoms with van der Waals surface area (Å²) in [5.74, 6) is -0.714. The first-order chi connectivity index (χ1) is 15.5. The number of halogens is 1. The molecule has 2 aromatic carbocycles. The summed E-state index contributed by atoms with van der Waals surface area (Å²) in [6.07, 6.45) is 3.17. The van der Waals surface area contributed by atoms with E-state index < -0.39 is 17.7 Å². The van der Waals surface area contributed by atoms with Crippen LogP contribution in [0, 0.1) is 0 Å². The standard InChI is InChI=1S/C24H17BrN2O5/c25-16-2-4-17(5-3-16)27-21(14-7-9-26-10-8-14)20(23(29)24(27)30)22(28)15-1-6-18-19(13-15)32-12-11-31-18/h1-10,13,21,28H,11-12H2/b22-20-. The Kier molecular flexibility index (Phi) is 5.14. The van der Waals surface area contributed by atoms with Gasteiger partial charge in [-0.3, -0.25) is 19.5 Å². The van der Waals surface area contributed by atoms with Gasteiger partial charge in [0.15, 0.2) is 11.5 Å². The molecule has 0 radical (unpaired) electrons. The molecule has 2 aliphatic rings. The van der Waals surface area contributed by atoms with Crippen molar-refractivity contribution in [2.45, 2.75) is 6.04 Å². The molecule has 0 saturated carbocycles. The molecule has 5 rings (SSSR count). The predicted octanol–water partition coefficient (Wildman–Crippen LogP) is 4.24. The normalized spacial score (nSPS) is 19.3. The average Bonchev–Trinajstić information content (AvgIpc) is 3.10. The van der Waals surface area contributed by atoms with Gasteiger partial charge in [0, 0.05) is 28.1 Å². The molecule has 1 amide bonds. The van der Waals surface area contributed by atoms with E-state index in [2.05, 4.69) is 20.9 Å². The van der Waals surface area contributed by atoms with Crippen LogP contribution in [-0.2, 0) is 9.59 Å². The van der Waals surface area contributed by atoms with E-state index >= 15 is 0 Å². The second-order valence-electron chi connectivity index (χ2n) is 7.28. The van der Waals surface area contributed by atoms with Crippen LogP contribution in [0.4, 0.5) is 5.69 Å². The van der Waals surface area contributed by atoms with Gasteiger partial charge in [-0.1, -0.05) is 15.9 Å². The number of amides is 1. The molecule has 160 valence electrons. The number of anilines is 1. The minimum Gasteiger partial charge on any atom is -0.507 e. The molecular formula is C24H17BrN2O5. The van der Waals surface area contributed by atoms with Gasteiger partial charge in [-0.15, -0.1) is 0 Å². The molecule has 1 N–H and O–H groups in total. The number of nitrogens with zero attached hydrogens (tertiary/aromatic N) is 2. The van der Waals surface area contributed by atoms with E-state index in [4.69, 9.17) is 9.47 Å². The van der Waals surface area contributed by atoms with Crippen LogP contribution in [0.5, 0.6) is 11.5 Å². The molecule has 1 aromatic heterocycles. The predicted molar refractivity (Wildman–Crippen MR) is 121 cm³/mol. The Morgan fingerprint density at radius 1 is 0.969 bits per heavy atom. The number of aliphatic hydroxyl groups is 1. The summed E-state index contributed by atoms with van der Waals surface area (Å²) in [4.78, 5) is 31.7. The maximum absolute atomic E-state index is 13.2. The van der Waals surface area contributed by atoms with Crippen LogP contribution >= 0.6 is 15.9 Å². The van der Waals surface area contributed by atoms with Crippen molar-refractivity contribution in [3.8, 4) is 11.5 Å². The Hall–Kier alpha value is -3.65. The molecule has 1 saturated heterocycles. The molecule has 0 spiro atoms. The summed E-state index contributed by atoms with van der Waals surface area (Å²) in [6, 6.07) is 14.6. The molecule has 1 unspecified atom stereocenters. The lowest BCUT2D eigenvalue weighted by atomic mass is 9.95. The van der Waals surface area contributed by atoms with E-state index in [9.17, 15) is 14.7 Å². The zero-order chi connectivity index (χ0) is 22.2. The summed E-state index contributed by atoms with van der Waals surface area (Å²) in [7, 11) is 0. The van der Waals surface area contributed by atoms with Crippen molar-refractivity contribution in [3.63, 3.8) is 0 Å². The number of aromatic nitrogens is 1. The number of pyridine rings is 1. The summed E-state index contributed by atoms with van der Waals surface area (Å²) >= 11 is 3.39. The van der Waals surface area contributed by atoms with Crippen LogP contribution in [0.15, 0.2) is 77.0 Å². The molecule has 1 fully saturated rings. The van der Waals surface area contributed by atoms with Crippen molar-refractivity contribution in [2.24, 2.45) is 0 Å². The second-order valence-corrected chi connectivity index (χ2v) is 8.20. The van der Waals surface area contributed by atoms with Gasteiger partial charge < -0.3 is 14.6 Å². The minimum absolute atomic E-state index is 0.000738. The van der Waals surface area contributed by atoms with Crippen LogP contribution in [0.1, 0.15) is 17.2 Å². The topological polar surface area (TPSA) is 89.0 Å². The molecule has 0 aliphatic carbocycles. The Morgan fingerprint density at radius 2 is 1.66 bits per heavy atom. The first kappa shape index (κ1) is 20.3. The Bertz CT molecular complexity index is 1240. The largest absolute Gasteiger partial charge is 0.507 e. The first-order valence-corrected chi connectivity index (χ1v) is 10.7. The number of hydrogen-bond donors (Lipinski definition) is 1. The number of hydrogen-bond acceptors (Lipinski definition) is 6. The van der Waals surface area contributed by atoms with Gasteiger partial charge >= 0.3 is 0 Å². The van der Waals surface area contributed by atoms with Crippen molar-refractivity contribution in [3.05, 3.63) is 88.2 Å².